The van der Waals surface area contributed by atoms with Crippen molar-refractivity contribution in [1.29, 1.82) is 0 Å². The first kappa shape index (κ1) is 28.5. The number of amides is 1. The Morgan fingerprint density at radius 2 is 1.59 bits per heavy atom. The van der Waals surface area contributed by atoms with Crippen LogP contribution in [0.3, 0.4) is 0 Å². The number of nitrogens with one attached hydrogen (secondary N) is 1. The number of nitrogens with zero attached hydrogens (tertiary/aromatic N) is 1. The molecular weight excluding hydrogens is 512 g/mol. The van der Waals surface area contributed by atoms with Crippen molar-refractivity contribution in [2.75, 3.05) is 26.1 Å². The maximum absolute atomic E-state index is 13.9. The van der Waals surface area contributed by atoms with E-state index < -0.39 is 26.2 Å². The quantitative estimate of drug-likeness (QED) is 0.355. The van der Waals surface area contributed by atoms with Crippen LogP contribution in [0.15, 0.2) is 42.6 Å². The number of hydrogen-bond donors (Lipinski definition) is 2. The molecule has 2 aromatic carbocycles. The number of aliphatic carboxylic acids is 1. The molecule has 8 nitrogen and oxygen atoms in total. The SMILES string of the molecule is COc1ccc(C2=CN3C(=O)c4cc(OC)c(O[Si](C(C)C)(C(C)C)C(C)C)cc4NC[C@@H]3C2C(=O)O)cc1. The molecule has 2 N–H and O–H groups in total. The van der Waals surface area contributed by atoms with Crippen molar-refractivity contribution in [2.24, 2.45) is 5.92 Å². The molecular formula is C30H40N2O6Si. The molecule has 2 aromatic rings. The normalized spacial score (nSPS) is 18.9. The molecule has 0 radical (unpaired) electrons. The third-order valence-corrected chi connectivity index (χ3v) is 14.3. The maximum atomic E-state index is 13.9. The van der Waals surface area contributed by atoms with Crippen LogP contribution in [0.5, 0.6) is 17.2 Å². The first-order valence-electron chi connectivity index (χ1n) is 13.5. The molecule has 0 aliphatic carbocycles. The number of hydrogen-bond acceptors (Lipinski definition) is 6. The molecule has 0 bridgehead atoms. The van der Waals surface area contributed by atoms with Crippen molar-refractivity contribution < 1.29 is 28.6 Å². The van der Waals surface area contributed by atoms with Crippen LogP contribution < -0.4 is 19.2 Å². The number of benzene rings is 2. The number of carbonyl (C=O) groups is 2. The fourth-order valence-electron chi connectivity index (χ4n) is 6.47. The van der Waals surface area contributed by atoms with E-state index in [4.69, 9.17) is 13.9 Å². The van der Waals surface area contributed by atoms with E-state index in [0.717, 1.165) is 5.56 Å². The molecule has 0 saturated heterocycles. The minimum absolute atomic E-state index is 0.277. The summed E-state index contributed by atoms with van der Waals surface area (Å²) in [5.74, 6) is -0.354. The van der Waals surface area contributed by atoms with E-state index in [1.54, 1.807) is 43.5 Å². The molecule has 0 aromatic heterocycles. The second-order valence-corrected chi connectivity index (χ2v) is 16.6. The number of ether oxygens (including phenoxy) is 2. The van der Waals surface area contributed by atoms with Gasteiger partial charge in [-0.25, -0.2) is 0 Å². The monoisotopic (exact) mass is 552 g/mol. The van der Waals surface area contributed by atoms with Crippen LogP contribution in [0.2, 0.25) is 16.6 Å². The Balaban J connectivity index is 1.77. The summed E-state index contributed by atoms with van der Waals surface area (Å²) in [6.45, 7) is 13.6. The number of carboxylic acids is 1. The summed E-state index contributed by atoms with van der Waals surface area (Å²) in [5, 5.41) is 13.6. The van der Waals surface area contributed by atoms with Gasteiger partial charge in [0.05, 0.1) is 31.5 Å². The largest absolute Gasteiger partial charge is 0.540 e. The van der Waals surface area contributed by atoms with E-state index in [2.05, 4.69) is 46.9 Å². The Bertz CT molecular complexity index is 1250. The topological polar surface area (TPSA) is 97.3 Å². The zero-order chi connectivity index (χ0) is 28.6. The van der Waals surface area contributed by atoms with Crippen LogP contribution in [0, 0.1) is 5.92 Å². The lowest BCUT2D eigenvalue weighted by molar-refractivity contribution is -0.140. The van der Waals surface area contributed by atoms with Gasteiger partial charge in [-0.3, -0.25) is 9.59 Å². The molecule has 0 saturated carbocycles. The summed E-state index contributed by atoms with van der Waals surface area (Å²) < 4.78 is 17.9. The van der Waals surface area contributed by atoms with Gasteiger partial charge in [-0.05, 0) is 46.0 Å². The molecule has 2 atom stereocenters. The lowest BCUT2D eigenvalue weighted by atomic mass is 9.90. The van der Waals surface area contributed by atoms with Crippen molar-refractivity contribution in [3.63, 3.8) is 0 Å². The van der Waals surface area contributed by atoms with Gasteiger partial charge in [0.2, 0.25) is 0 Å². The van der Waals surface area contributed by atoms with Gasteiger partial charge in [0.25, 0.3) is 14.2 Å². The highest BCUT2D eigenvalue weighted by Crippen LogP contribution is 2.47. The smallest absolute Gasteiger partial charge is 0.313 e. The highest BCUT2D eigenvalue weighted by Gasteiger charge is 2.48. The van der Waals surface area contributed by atoms with Crippen LogP contribution in [0.25, 0.3) is 5.57 Å². The number of carbonyl (C=O) groups excluding carboxylic acids is 1. The molecule has 0 spiro atoms. The van der Waals surface area contributed by atoms with Crippen molar-refractivity contribution >= 4 is 31.5 Å². The average molecular weight is 553 g/mol. The van der Waals surface area contributed by atoms with Crippen molar-refractivity contribution in [3.05, 3.63) is 53.7 Å². The van der Waals surface area contributed by atoms with Gasteiger partial charge in [-0.15, -0.1) is 0 Å². The van der Waals surface area contributed by atoms with E-state index in [0.29, 0.717) is 50.7 Å². The zero-order valence-corrected chi connectivity index (χ0v) is 25.1. The third-order valence-electron chi connectivity index (χ3n) is 8.31. The molecule has 2 aliphatic heterocycles. The Morgan fingerprint density at radius 3 is 2.10 bits per heavy atom. The van der Waals surface area contributed by atoms with E-state index in [1.165, 1.54) is 0 Å². The Hall–Kier alpha value is -3.46. The molecule has 210 valence electrons. The van der Waals surface area contributed by atoms with Gasteiger partial charge in [-0.2, -0.15) is 0 Å². The Labute approximate surface area is 232 Å². The summed E-state index contributed by atoms with van der Waals surface area (Å²) in [5.41, 5.74) is 3.44. The van der Waals surface area contributed by atoms with E-state index in [1.807, 2.05) is 18.2 Å². The predicted molar refractivity (Wildman–Crippen MR) is 155 cm³/mol. The van der Waals surface area contributed by atoms with Gasteiger partial charge in [0.1, 0.15) is 17.4 Å². The average Bonchev–Trinajstić information content (AvgIpc) is 3.23. The van der Waals surface area contributed by atoms with Crippen molar-refractivity contribution in [2.45, 2.75) is 64.2 Å². The maximum Gasteiger partial charge on any atom is 0.313 e. The fraction of sp³-hybridized carbons (Fsp3) is 0.467. The molecule has 0 fully saturated rings. The number of fused-ring (bicyclic) bond motifs is 2. The van der Waals surface area contributed by atoms with E-state index in [-0.39, 0.29) is 12.5 Å². The summed E-state index contributed by atoms with van der Waals surface area (Å²) in [6.07, 6.45) is 1.68. The molecule has 2 heterocycles. The fourth-order valence-corrected chi connectivity index (χ4v) is 11.7. The van der Waals surface area contributed by atoms with Crippen molar-refractivity contribution in [1.82, 2.24) is 4.90 Å². The molecule has 2 aliphatic rings. The van der Waals surface area contributed by atoms with Gasteiger partial charge in [-0.1, -0.05) is 53.7 Å². The van der Waals surface area contributed by atoms with Gasteiger partial charge in [0.15, 0.2) is 5.75 Å². The second kappa shape index (κ2) is 11.0. The molecule has 1 unspecified atom stereocenters. The Kier molecular flexibility index (Phi) is 8.02. The highest BCUT2D eigenvalue weighted by atomic mass is 28.4. The van der Waals surface area contributed by atoms with Gasteiger partial charge >= 0.3 is 5.97 Å². The Morgan fingerprint density at radius 1 is 0.974 bits per heavy atom. The standard InChI is InChI=1S/C30H40N2O6Si/c1-17(2)39(18(3)4,19(5)6)38-27-14-24-22(13-26(27)37-8)29(33)32-16-23(20-9-11-21(36-7)12-10-20)28(30(34)35)25(32)15-31-24/h9-14,16-19,25,28,31H,15H2,1-8H3,(H,34,35)/t25-,28?/m1/s1. The third kappa shape index (κ3) is 4.88. The summed E-state index contributed by atoms with van der Waals surface area (Å²) in [7, 11) is 0.865. The number of carboxylic acid groups (broad SMARTS) is 1. The summed E-state index contributed by atoms with van der Waals surface area (Å²) in [6, 6.07) is 10.2. The summed E-state index contributed by atoms with van der Waals surface area (Å²) in [4.78, 5) is 27.9. The molecule has 9 heteroatoms. The summed E-state index contributed by atoms with van der Waals surface area (Å²) >= 11 is 0. The lowest BCUT2D eigenvalue weighted by Gasteiger charge is -2.42. The van der Waals surface area contributed by atoms with Crippen LogP contribution in [-0.2, 0) is 4.79 Å². The second-order valence-electron chi connectivity index (χ2n) is 11.3. The molecule has 4 rings (SSSR count). The predicted octanol–water partition coefficient (Wildman–Crippen LogP) is 6.25. The van der Waals surface area contributed by atoms with E-state index in [9.17, 15) is 14.7 Å². The minimum Gasteiger partial charge on any atom is -0.540 e. The highest BCUT2D eigenvalue weighted by molar-refractivity contribution is 6.78. The van der Waals surface area contributed by atoms with Crippen molar-refractivity contribution in [3.8, 4) is 17.2 Å². The van der Waals surface area contributed by atoms with Gasteiger partial charge < -0.3 is 29.2 Å². The first-order chi connectivity index (χ1) is 18.5. The number of rotatable bonds is 9. The molecule has 1 amide bonds. The molecule has 39 heavy (non-hydrogen) atoms. The minimum atomic E-state index is -2.29. The zero-order valence-electron chi connectivity index (χ0n) is 24.1. The lowest BCUT2D eigenvalue weighted by Crippen LogP contribution is -2.50. The van der Waals surface area contributed by atoms with Crippen LogP contribution >= 0.6 is 0 Å². The van der Waals surface area contributed by atoms with Crippen LogP contribution in [0.1, 0.15) is 57.5 Å². The first-order valence-corrected chi connectivity index (χ1v) is 15.7. The van der Waals surface area contributed by atoms with Gasteiger partial charge in [0, 0.05) is 18.8 Å². The number of anilines is 1. The van der Waals surface area contributed by atoms with E-state index >= 15 is 0 Å². The van der Waals surface area contributed by atoms with Crippen LogP contribution in [0.4, 0.5) is 5.69 Å². The van der Waals surface area contributed by atoms with Crippen LogP contribution in [-0.4, -0.2) is 57.0 Å². The number of methoxy groups -OCH3 is 2.